The van der Waals surface area contributed by atoms with E-state index < -0.39 is 0 Å². The van der Waals surface area contributed by atoms with Crippen LogP contribution in [0, 0.1) is 11.3 Å². The van der Waals surface area contributed by atoms with E-state index in [0.29, 0.717) is 17.9 Å². The SMILES string of the molecule is CN(Cc1ccc2c(Br)c(OCC#N)ccc2c1)C(=O)c1ccoc1. The van der Waals surface area contributed by atoms with Crippen molar-refractivity contribution in [1.29, 1.82) is 5.26 Å². The average molecular weight is 399 g/mol. The molecule has 1 aromatic heterocycles. The first-order valence-electron chi connectivity index (χ1n) is 7.58. The summed E-state index contributed by atoms with van der Waals surface area (Å²) in [6, 6.07) is 13.4. The van der Waals surface area contributed by atoms with Crippen molar-refractivity contribution in [2.75, 3.05) is 13.7 Å². The molecule has 126 valence electrons. The summed E-state index contributed by atoms with van der Waals surface area (Å²) in [5.41, 5.74) is 1.55. The van der Waals surface area contributed by atoms with E-state index in [9.17, 15) is 4.79 Å². The van der Waals surface area contributed by atoms with Crippen LogP contribution in [0.5, 0.6) is 5.75 Å². The topological polar surface area (TPSA) is 66.5 Å². The molecule has 0 radical (unpaired) electrons. The van der Waals surface area contributed by atoms with Gasteiger partial charge in [-0.2, -0.15) is 5.26 Å². The third-order valence-electron chi connectivity index (χ3n) is 3.81. The third kappa shape index (κ3) is 3.67. The zero-order chi connectivity index (χ0) is 17.8. The number of carbonyl (C=O) groups is 1. The number of benzene rings is 2. The molecule has 3 rings (SSSR count). The molecule has 5 nitrogen and oxygen atoms in total. The number of carbonyl (C=O) groups excluding carboxylic acids is 1. The second kappa shape index (κ2) is 7.41. The zero-order valence-corrected chi connectivity index (χ0v) is 15.1. The number of halogens is 1. The molecular formula is C19H15BrN2O3. The van der Waals surface area contributed by atoms with Gasteiger partial charge >= 0.3 is 0 Å². The standard InChI is InChI=1S/C19H15BrN2O3/c1-22(19(23)15-6-8-24-12-15)11-13-2-4-16-14(10-13)3-5-17(18(16)20)25-9-7-21/h2-6,8,10,12H,9,11H2,1H3. The van der Waals surface area contributed by atoms with Gasteiger partial charge in [-0.15, -0.1) is 0 Å². The van der Waals surface area contributed by atoms with E-state index in [-0.39, 0.29) is 12.5 Å². The van der Waals surface area contributed by atoms with Crippen LogP contribution in [-0.2, 0) is 6.54 Å². The van der Waals surface area contributed by atoms with Crippen LogP contribution in [0.15, 0.2) is 57.8 Å². The zero-order valence-electron chi connectivity index (χ0n) is 13.5. The Balaban J connectivity index is 1.82. The van der Waals surface area contributed by atoms with Crippen LogP contribution >= 0.6 is 15.9 Å². The molecule has 0 aliphatic rings. The fraction of sp³-hybridized carbons (Fsp3) is 0.158. The Morgan fingerprint density at radius 1 is 1.32 bits per heavy atom. The Kier molecular flexibility index (Phi) is 5.05. The van der Waals surface area contributed by atoms with E-state index in [4.69, 9.17) is 14.4 Å². The molecule has 0 saturated carbocycles. The summed E-state index contributed by atoms with van der Waals surface area (Å²) in [5.74, 6) is 0.546. The van der Waals surface area contributed by atoms with Crippen molar-refractivity contribution in [2.24, 2.45) is 0 Å². The molecule has 1 amide bonds. The molecule has 0 spiro atoms. The predicted molar refractivity (Wildman–Crippen MR) is 97.3 cm³/mol. The van der Waals surface area contributed by atoms with Crippen LogP contribution in [0.2, 0.25) is 0 Å². The Morgan fingerprint density at radius 3 is 2.88 bits per heavy atom. The van der Waals surface area contributed by atoms with Crippen molar-refractivity contribution in [1.82, 2.24) is 4.90 Å². The first-order valence-corrected chi connectivity index (χ1v) is 8.38. The minimum atomic E-state index is -0.0877. The lowest BCUT2D eigenvalue weighted by Gasteiger charge is -2.17. The molecule has 0 aliphatic heterocycles. The highest BCUT2D eigenvalue weighted by Gasteiger charge is 2.14. The predicted octanol–water partition coefficient (Wildman–Crippen LogP) is 4.37. The van der Waals surface area contributed by atoms with Crippen LogP contribution in [-0.4, -0.2) is 24.5 Å². The van der Waals surface area contributed by atoms with Gasteiger partial charge in [0.15, 0.2) is 6.61 Å². The van der Waals surface area contributed by atoms with Gasteiger partial charge in [-0.1, -0.05) is 18.2 Å². The highest BCUT2D eigenvalue weighted by molar-refractivity contribution is 9.10. The average Bonchev–Trinajstić information content (AvgIpc) is 3.15. The van der Waals surface area contributed by atoms with Crippen molar-refractivity contribution in [2.45, 2.75) is 6.54 Å². The van der Waals surface area contributed by atoms with Crippen LogP contribution in [0.3, 0.4) is 0 Å². The first-order chi connectivity index (χ1) is 12.1. The number of rotatable bonds is 5. The van der Waals surface area contributed by atoms with Crippen LogP contribution in [0.1, 0.15) is 15.9 Å². The summed E-state index contributed by atoms with van der Waals surface area (Å²) in [6.07, 6.45) is 2.93. The highest BCUT2D eigenvalue weighted by Crippen LogP contribution is 2.33. The van der Waals surface area contributed by atoms with Crippen molar-refractivity contribution >= 4 is 32.6 Å². The second-order valence-corrected chi connectivity index (χ2v) is 6.35. The number of hydrogen-bond donors (Lipinski definition) is 0. The molecular weight excluding hydrogens is 384 g/mol. The van der Waals surface area contributed by atoms with E-state index in [1.807, 2.05) is 36.4 Å². The van der Waals surface area contributed by atoms with Gasteiger partial charge in [0.25, 0.3) is 5.91 Å². The maximum Gasteiger partial charge on any atom is 0.257 e. The van der Waals surface area contributed by atoms with Crippen LogP contribution in [0.25, 0.3) is 10.8 Å². The van der Waals surface area contributed by atoms with Gasteiger partial charge in [-0.05, 0) is 50.5 Å². The Bertz CT molecular complexity index is 945. The number of amides is 1. The van der Waals surface area contributed by atoms with Gasteiger partial charge in [0.1, 0.15) is 18.1 Å². The smallest absolute Gasteiger partial charge is 0.257 e. The molecule has 0 aliphatic carbocycles. The molecule has 0 saturated heterocycles. The Morgan fingerprint density at radius 2 is 2.16 bits per heavy atom. The number of fused-ring (bicyclic) bond motifs is 1. The Hall–Kier alpha value is -2.78. The second-order valence-electron chi connectivity index (χ2n) is 5.55. The number of furan rings is 1. The van der Waals surface area contributed by atoms with E-state index in [1.54, 1.807) is 18.0 Å². The lowest BCUT2D eigenvalue weighted by molar-refractivity contribution is 0.0784. The quantitative estimate of drug-likeness (QED) is 0.639. The summed E-state index contributed by atoms with van der Waals surface area (Å²) in [6.45, 7) is 0.493. The van der Waals surface area contributed by atoms with Crippen LogP contribution < -0.4 is 4.74 Å². The Labute approximate surface area is 153 Å². The van der Waals surface area contributed by atoms with E-state index in [0.717, 1.165) is 20.8 Å². The van der Waals surface area contributed by atoms with Gasteiger partial charge in [0.05, 0.1) is 16.3 Å². The molecule has 1 heterocycles. The number of nitriles is 1. The molecule has 0 unspecified atom stereocenters. The minimum Gasteiger partial charge on any atom is -0.478 e. The van der Waals surface area contributed by atoms with Gasteiger partial charge in [-0.3, -0.25) is 4.79 Å². The lowest BCUT2D eigenvalue weighted by atomic mass is 10.1. The lowest BCUT2D eigenvalue weighted by Crippen LogP contribution is -2.25. The van der Waals surface area contributed by atoms with Crippen molar-refractivity contribution in [3.63, 3.8) is 0 Å². The van der Waals surface area contributed by atoms with Gasteiger partial charge in [-0.25, -0.2) is 0 Å². The summed E-state index contributed by atoms with van der Waals surface area (Å²) in [5, 5.41) is 10.7. The van der Waals surface area contributed by atoms with Gasteiger partial charge < -0.3 is 14.1 Å². The highest BCUT2D eigenvalue weighted by atomic mass is 79.9. The normalized spacial score (nSPS) is 10.4. The third-order valence-corrected chi connectivity index (χ3v) is 4.63. The van der Waals surface area contributed by atoms with Crippen molar-refractivity contribution < 1.29 is 13.9 Å². The molecule has 3 aromatic rings. The van der Waals surface area contributed by atoms with Crippen LogP contribution in [0.4, 0.5) is 0 Å². The molecule has 2 aromatic carbocycles. The summed E-state index contributed by atoms with van der Waals surface area (Å²) < 4.78 is 11.2. The first kappa shape index (κ1) is 17.1. The maximum absolute atomic E-state index is 12.3. The summed E-state index contributed by atoms with van der Waals surface area (Å²) in [7, 11) is 1.76. The fourth-order valence-corrected chi connectivity index (χ4v) is 3.20. The summed E-state index contributed by atoms with van der Waals surface area (Å²) >= 11 is 3.53. The van der Waals surface area contributed by atoms with E-state index >= 15 is 0 Å². The van der Waals surface area contributed by atoms with Crippen molar-refractivity contribution in [3.8, 4) is 11.8 Å². The maximum atomic E-state index is 12.3. The summed E-state index contributed by atoms with van der Waals surface area (Å²) in [4.78, 5) is 13.9. The largest absolute Gasteiger partial charge is 0.478 e. The molecule has 0 atom stereocenters. The molecule has 0 N–H and O–H groups in total. The number of hydrogen-bond acceptors (Lipinski definition) is 4. The number of ether oxygens (including phenoxy) is 1. The number of nitrogens with zero attached hydrogens (tertiary/aromatic N) is 2. The van der Waals surface area contributed by atoms with Gasteiger partial charge in [0.2, 0.25) is 0 Å². The molecule has 25 heavy (non-hydrogen) atoms. The molecule has 0 fully saturated rings. The fourth-order valence-electron chi connectivity index (χ4n) is 2.59. The molecule has 6 heteroatoms. The van der Waals surface area contributed by atoms with Gasteiger partial charge in [0, 0.05) is 13.6 Å². The minimum absolute atomic E-state index is 0.00308. The van der Waals surface area contributed by atoms with E-state index in [2.05, 4.69) is 15.9 Å². The van der Waals surface area contributed by atoms with Crippen molar-refractivity contribution in [3.05, 3.63) is 64.5 Å². The monoisotopic (exact) mass is 398 g/mol. The molecule has 0 bridgehead atoms. The van der Waals surface area contributed by atoms with E-state index in [1.165, 1.54) is 12.5 Å².